The van der Waals surface area contributed by atoms with Gasteiger partial charge in [-0.1, -0.05) is 0 Å². The van der Waals surface area contributed by atoms with Crippen LogP contribution in [0.5, 0.6) is 28.7 Å². The second-order valence-electron chi connectivity index (χ2n) is 9.13. The number of cyclic esters (lactones) is 1. The molecule has 3 aliphatic rings. The van der Waals surface area contributed by atoms with Gasteiger partial charge >= 0.3 is 5.97 Å². The number of carbonyl (C=O) groups excluding carboxylic acids is 3. The number of fused-ring (bicyclic) bond motifs is 6. The highest BCUT2D eigenvalue weighted by Crippen LogP contribution is 2.55. The molecule has 0 amide bonds. The Morgan fingerprint density at radius 2 is 1.51 bits per heavy atom. The van der Waals surface area contributed by atoms with Crippen LogP contribution in [0.3, 0.4) is 0 Å². The Morgan fingerprint density at radius 1 is 0.811 bits per heavy atom. The van der Waals surface area contributed by atoms with Gasteiger partial charge in [0.2, 0.25) is 12.1 Å². The first kappa shape index (κ1) is 22.9. The number of aromatic hydroxyl groups is 4. The van der Waals surface area contributed by atoms with Gasteiger partial charge in [0.05, 0.1) is 23.8 Å². The summed E-state index contributed by atoms with van der Waals surface area (Å²) in [6.45, 7) is 1.40. The van der Waals surface area contributed by atoms with Gasteiger partial charge in [0, 0.05) is 40.5 Å². The van der Waals surface area contributed by atoms with Crippen molar-refractivity contribution in [2.75, 3.05) is 14.2 Å². The fourth-order valence-electron chi connectivity index (χ4n) is 5.63. The van der Waals surface area contributed by atoms with Gasteiger partial charge in [-0.3, -0.25) is 9.59 Å². The minimum absolute atomic E-state index is 0.0137. The van der Waals surface area contributed by atoms with E-state index < -0.39 is 46.8 Å². The molecule has 1 aliphatic heterocycles. The fourth-order valence-corrected chi connectivity index (χ4v) is 5.63. The van der Waals surface area contributed by atoms with E-state index in [1.165, 1.54) is 21.1 Å². The smallest absolute Gasteiger partial charge is 0.345 e. The quantitative estimate of drug-likeness (QED) is 0.299. The van der Waals surface area contributed by atoms with Crippen LogP contribution >= 0.6 is 0 Å². The molecule has 188 valence electrons. The molecule has 0 bridgehead atoms. The van der Waals surface area contributed by atoms with Crippen LogP contribution in [0.15, 0.2) is 12.1 Å². The Morgan fingerprint density at radius 3 is 2.19 bits per heavy atom. The molecule has 37 heavy (non-hydrogen) atoms. The van der Waals surface area contributed by atoms with E-state index in [2.05, 4.69) is 0 Å². The maximum absolute atomic E-state index is 13.6. The summed E-state index contributed by atoms with van der Waals surface area (Å²) in [5.41, 5.74) is 0.165. The molecular formula is C27H20O10. The lowest BCUT2D eigenvalue weighted by Crippen LogP contribution is -2.24. The lowest BCUT2D eigenvalue weighted by atomic mass is 9.75. The van der Waals surface area contributed by atoms with Crippen LogP contribution in [-0.4, -0.2) is 52.2 Å². The Balaban J connectivity index is 1.69. The maximum Gasteiger partial charge on any atom is 0.345 e. The number of aryl methyl sites for hydroxylation is 1. The van der Waals surface area contributed by atoms with E-state index in [0.29, 0.717) is 23.1 Å². The van der Waals surface area contributed by atoms with E-state index in [1.807, 2.05) is 0 Å². The molecule has 10 nitrogen and oxygen atoms in total. The van der Waals surface area contributed by atoms with Crippen molar-refractivity contribution in [2.45, 2.75) is 26.1 Å². The number of methoxy groups -OCH3 is 2. The summed E-state index contributed by atoms with van der Waals surface area (Å²) in [5.74, 6) is -4.33. The van der Waals surface area contributed by atoms with E-state index in [-0.39, 0.29) is 56.7 Å². The number of phenolic OH excluding ortho intramolecular Hbond substituents is 4. The highest BCUT2D eigenvalue weighted by atomic mass is 16.7. The number of hydrogen-bond acceptors (Lipinski definition) is 10. The van der Waals surface area contributed by atoms with Crippen molar-refractivity contribution < 1.29 is 49.0 Å². The van der Waals surface area contributed by atoms with Gasteiger partial charge < -0.3 is 34.6 Å². The lowest BCUT2D eigenvalue weighted by molar-refractivity contribution is -0.0816. The van der Waals surface area contributed by atoms with Crippen molar-refractivity contribution in [2.24, 2.45) is 0 Å². The van der Waals surface area contributed by atoms with Crippen LogP contribution in [0.25, 0.3) is 11.1 Å². The number of ether oxygens (including phenoxy) is 3. The van der Waals surface area contributed by atoms with E-state index >= 15 is 0 Å². The Hall–Kier alpha value is -4.57. The van der Waals surface area contributed by atoms with Crippen LogP contribution in [0.1, 0.15) is 70.7 Å². The zero-order valence-corrected chi connectivity index (χ0v) is 19.9. The minimum atomic E-state index is -0.994. The van der Waals surface area contributed by atoms with E-state index in [4.69, 9.17) is 14.2 Å². The number of carbonyl (C=O) groups is 3. The Bertz CT molecular complexity index is 1630. The van der Waals surface area contributed by atoms with E-state index in [0.717, 1.165) is 6.07 Å². The molecule has 10 heteroatoms. The van der Waals surface area contributed by atoms with Crippen molar-refractivity contribution in [3.05, 3.63) is 62.2 Å². The predicted octanol–water partition coefficient (Wildman–Crippen LogP) is 3.18. The van der Waals surface area contributed by atoms with Gasteiger partial charge in [-0.2, -0.15) is 0 Å². The molecule has 0 saturated carbocycles. The van der Waals surface area contributed by atoms with Crippen LogP contribution in [-0.2, 0) is 22.3 Å². The highest BCUT2D eigenvalue weighted by molar-refractivity contribution is 6.32. The Kier molecular flexibility index (Phi) is 4.61. The van der Waals surface area contributed by atoms with Gasteiger partial charge in [0.1, 0.15) is 34.3 Å². The van der Waals surface area contributed by atoms with Crippen molar-refractivity contribution in [3.63, 3.8) is 0 Å². The summed E-state index contributed by atoms with van der Waals surface area (Å²) >= 11 is 0. The van der Waals surface area contributed by atoms with Crippen LogP contribution in [0, 0.1) is 6.92 Å². The van der Waals surface area contributed by atoms with Crippen molar-refractivity contribution in [3.8, 4) is 39.9 Å². The first-order valence-electron chi connectivity index (χ1n) is 11.4. The third kappa shape index (κ3) is 2.70. The highest BCUT2D eigenvalue weighted by Gasteiger charge is 2.44. The lowest BCUT2D eigenvalue weighted by Gasteiger charge is -2.30. The molecule has 0 radical (unpaired) electrons. The molecule has 2 aliphatic carbocycles. The molecule has 1 atom stereocenters. The maximum atomic E-state index is 13.6. The molecule has 4 N–H and O–H groups in total. The van der Waals surface area contributed by atoms with Crippen molar-refractivity contribution in [1.29, 1.82) is 0 Å². The second kappa shape index (κ2) is 7.47. The first-order valence-corrected chi connectivity index (χ1v) is 11.4. The molecule has 0 aromatic heterocycles. The summed E-state index contributed by atoms with van der Waals surface area (Å²) in [5, 5.41) is 43.5. The predicted molar refractivity (Wildman–Crippen MR) is 126 cm³/mol. The van der Waals surface area contributed by atoms with E-state index in [9.17, 15) is 34.8 Å². The molecule has 0 fully saturated rings. The number of ketones is 2. The van der Waals surface area contributed by atoms with Gasteiger partial charge in [-0.25, -0.2) is 4.79 Å². The molecule has 6 rings (SSSR count). The molecule has 1 unspecified atom stereocenters. The third-order valence-electron chi connectivity index (χ3n) is 7.38. The topological polar surface area (TPSA) is 160 Å². The average Bonchev–Trinajstić information content (AvgIpc) is 3.20. The van der Waals surface area contributed by atoms with Crippen molar-refractivity contribution >= 4 is 17.5 Å². The second-order valence-corrected chi connectivity index (χ2v) is 9.13. The van der Waals surface area contributed by atoms with Gasteiger partial charge in [-0.15, -0.1) is 0 Å². The largest absolute Gasteiger partial charge is 0.508 e. The molecule has 3 aromatic carbocycles. The van der Waals surface area contributed by atoms with Crippen LogP contribution < -0.4 is 4.74 Å². The summed E-state index contributed by atoms with van der Waals surface area (Å²) < 4.78 is 16.0. The standard InChI is InChI=1S/C27H20O10/c1-8-13(28)7-11-16(20(8)29)24(33)19-18(21(11)30)23(32)15-10(25(19)35-2)5-4-9-6-12-17(22(31)14(9)15)26(34)37-27(12)36-3/h6-7,27-29,31-32H,4-5H2,1-3H3. The van der Waals surface area contributed by atoms with Gasteiger partial charge in [-0.05, 0) is 37.5 Å². The Labute approximate surface area is 209 Å². The minimum Gasteiger partial charge on any atom is -0.508 e. The summed E-state index contributed by atoms with van der Waals surface area (Å²) in [6.07, 6.45) is -0.378. The normalized spacial score (nSPS) is 16.9. The molecule has 1 heterocycles. The third-order valence-corrected chi connectivity index (χ3v) is 7.38. The molecule has 0 spiro atoms. The van der Waals surface area contributed by atoms with Crippen molar-refractivity contribution in [1.82, 2.24) is 0 Å². The average molecular weight is 504 g/mol. The number of esters is 1. The van der Waals surface area contributed by atoms with Crippen LogP contribution in [0.2, 0.25) is 0 Å². The zero-order chi connectivity index (χ0) is 26.5. The van der Waals surface area contributed by atoms with E-state index in [1.54, 1.807) is 6.07 Å². The zero-order valence-electron chi connectivity index (χ0n) is 19.9. The molecule has 0 saturated heterocycles. The van der Waals surface area contributed by atoms with Gasteiger partial charge in [0.15, 0.2) is 5.78 Å². The molecule has 3 aromatic rings. The summed E-state index contributed by atoms with van der Waals surface area (Å²) in [6, 6.07) is 2.72. The summed E-state index contributed by atoms with van der Waals surface area (Å²) in [7, 11) is 2.67. The number of phenols is 4. The number of hydrogen-bond donors (Lipinski definition) is 4. The van der Waals surface area contributed by atoms with Crippen LogP contribution in [0.4, 0.5) is 0 Å². The number of benzene rings is 3. The summed E-state index contributed by atoms with van der Waals surface area (Å²) in [4.78, 5) is 39.8. The monoisotopic (exact) mass is 504 g/mol. The van der Waals surface area contributed by atoms with Gasteiger partial charge in [0.25, 0.3) is 0 Å². The molecular weight excluding hydrogens is 484 g/mol. The SMILES string of the molecule is COc1c2c(c(O)c3c1C(=O)c1c(cc(O)c(C)c1O)C3=O)-c1c(cc3c(c1O)C(=O)OC3OC)CC2. The number of rotatable bonds is 2. The first-order chi connectivity index (χ1) is 17.6. The fraction of sp³-hybridized carbons (Fsp3) is 0.222.